The molecular formula is C44H33N3O5S. The molecule has 1 aromatic heterocycles. The van der Waals surface area contributed by atoms with Crippen LogP contribution in [0.5, 0.6) is 0 Å². The van der Waals surface area contributed by atoms with Crippen LogP contribution in [0.25, 0.3) is 44.8 Å². The van der Waals surface area contributed by atoms with Crippen LogP contribution >= 0.6 is 11.8 Å². The van der Waals surface area contributed by atoms with Gasteiger partial charge in [0.15, 0.2) is 5.58 Å². The van der Waals surface area contributed by atoms with E-state index in [0.29, 0.717) is 34.8 Å². The summed E-state index contributed by atoms with van der Waals surface area (Å²) in [5.41, 5.74) is 8.46. The van der Waals surface area contributed by atoms with Gasteiger partial charge in [-0.1, -0.05) is 85.8 Å². The smallest absolute Gasteiger partial charge is 0.335 e. The van der Waals surface area contributed by atoms with Crippen molar-refractivity contribution in [1.82, 2.24) is 4.98 Å². The fourth-order valence-electron chi connectivity index (χ4n) is 6.59. The number of carboxylic acids is 1. The Hall–Kier alpha value is -6.45. The van der Waals surface area contributed by atoms with Crippen LogP contribution in [0.4, 0.5) is 11.4 Å². The number of oxazole rings is 1. The standard InChI is InChI=1S/C44H33N3O5S/c1-2-22-45-37-21-19-31(47-42(48)34-20-18-30(44(50)51)24-35(34)43(47)49)25-36(37)41-46-40-33(15-9-16-38(40)52-41)29-13-8-12-28(23-29)32-14-6-7-17-39(32)53-26-27-10-4-3-5-11-27/h3-21,23-25,45H,2,22,26H2,1H3,(H,50,51). The molecule has 0 unspecified atom stereocenters. The molecule has 1 aliphatic heterocycles. The number of benzene rings is 6. The number of aromatic nitrogens is 1. The number of nitrogens with one attached hydrogen (secondary N) is 1. The number of para-hydroxylation sites is 1. The van der Waals surface area contributed by atoms with Gasteiger partial charge in [0.05, 0.1) is 27.9 Å². The predicted octanol–water partition coefficient (Wildman–Crippen LogP) is 10.4. The van der Waals surface area contributed by atoms with E-state index in [1.807, 2.05) is 36.0 Å². The van der Waals surface area contributed by atoms with Crippen molar-refractivity contribution in [2.24, 2.45) is 0 Å². The topological polar surface area (TPSA) is 113 Å². The van der Waals surface area contributed by atoms with Gasteiger partial charge in [0.25, 0.3) is 11.8 Å². The number of carboxylic acid groups (broad SMARTS) is 1. The van der Waals surface area contributed by atoms with Crippen molar-refractivity contribution in [1.29, 1.82) is 0 Å². The maximum atomic E-state index is 13.5. The van der Waals surface area contributed by atoms with Crippen molar-refractivity contribution in [2.45, 2.75) is 24.0 Å². The van der Waals surface area contributed by atoms with Crippen molar-refractivity contribution >= 4 is 52.0 Å². The zero-order valence-electron chi connectivity index (χ0n) is 28.7. The molecule has 7 aromatic rings. The summed E-state index contributed by atoms with van der Waals surface area (Å²) in [4.78, 5) is 45.9. The molecule has 53 heavy (non-hydrogen) atoms. The number of aromatic carboxylic acids is 1. The lowest BCUT2D eigenvalue weighted by atomic mass is 9.98. The Labute approximate surface area is 310 Å². The maximum Gasteiger partial charge on any atom is 0.335 e. The molecule has 0 saturated heterocycles. The molecule has 260 valence electrons. The average Bonchev–Trinajstić information content (AvgIpc) is 3.74. The number of carbonyl (C=O) groups is 3. The molecule has 6 aromatic carbocycles. The van der Waals surface area contributed by atoms with Crippen molar-refractivity contribution < 1.29 is 23.9 Å². The summed E-state index contributed by atoms with van der Waals surface area (Å²) in [6.07, 6.45) is 0.868. The summed E-state index contributed by atoms with van der Waals surface area (Å²) in [7, 11) is 0. The molecule has 1 aliphatic rings. The number of carbonyl (C=O) groups excluding carboxylic acids is 2. The molecule has 8 rings (SSSR count). The van der Waals surface area contributed by atoms with Gasteiger partial charge in [-0.05, 0) is 83.3 Å². The van der Waals surface area contributed by atoms with E-state index in [4.69, 9.17) is 9.40 Å². The fraction of sp³-hybridized carbons (Fsp3) is 0.0909. The van der Waals surface area contributed by atoms with E-state index in [1.54, 1.807) is 18.2 Å². The van der Waals surface area contributed by atoms with Gasteiger partial charge in [0, 0.05) is 28.4 Å². The minimum atomic E-state index is -1.18. The number of hydrogen-bond acceptors (Lipinski definition) is 7. The van der Waals surface area contributed by atoms with Gasteiger partial charge in [-0.2, -0.15) is 0 Å². The van der Waals surface area contributed by atoms with Crippen LogP contribution in [-0.2, 0) is 5.75 Å². The van der Waals surface area contributed by atoms with Gasteiger partial charge in [0.1, 0.15) is 5.52 Å². The first-order valence-corrected chi connectivity index (χ1v) is 18.3. The monoisotopic (exact) mass is 715 g/mol. The summed E-state index contributed by atoms with van der Waals surface area (Å²) in [5.74, 6) is -1.09. The van der Waals surface area contributed by atoms with Crippen molar-refractivity contribution in [3.8, 4) is 33.7 Å². The number of nitrogens with zero attached hydrogens (tertiary/aromatic N) is 2. The molecule has 2 N–H and O–H groups in total. The molecule has 0 spiro atoms. The molecule has 2 heterocycles. The molecular weight excluding hydrogens is 683 g/mol. The van der Waals surface area contributed by atoms with Crippen LogP contribution < -0.4 is 10.2 Å². The minimum Gasteiger partial charge on any atom is -0.478 e. The highest BCUT2D eigenvalue weighted by molar-refractivity contribution is 7.98. The fourth-order valence-corrected chi connectivity index (χ4v) is 7.62. The number of amides is 2. The van der Waals surface area contributed by atoms with E-state index in [9.17, 15) is 19.5 Å². The van der Waals surface area contributed by atoms with Crippen LogP contribution in [0.2, 0.25) is 0 Å². The molecule has 0 aliphatic carbocycles. The van der Waals surface area contributed by atoms with E-state index in [1.165, 1.54) is 28.7 Å². The van der Waals surface area contributed by atoms with Gasteiger partial charge in [-0.15, -0.1) is 11.8 Å². The van der Waals surface area contributed by atoms with Gasteiger partial charge in [-0.3, -0.25) is 9.59 Å². The highest BCUT2D eigenvalue weighted by Crippen LogP contribution is 2.40. The van der Waals surface area contributed by atoms with Crippen molar-refractivity contribution in [2.75, 3.05) is 16.8 Å². The van der Waals surface area contributed by atoms with E-state index in [0.717, 1.165) is 45.0 Å². The number of rotatable bonds is 11. The van der Waals surface area contributed by atoms with Crippen LogP contribution in [0.3, 0.4) is 0 Å². The number of anilines is 2. The lowest BCUT2D eigenvalue weighted by molar-refractivity contribution is 0.0696. The van der Waals surface area contributed by atoms with Crippen LogP contribution in [0.1, 0.15) is 50.0 Å². The van der Waals surface area contributed by atoms with Crippen LogP contribution in [0, 0.1) is 0 Å². The second kappa shape index (κ2) is 14.3. The molecule has 8 nitrogen and oxygen atoms in total. The van der Waals surface area contributed by atoms with Gasteiger partial charge < -0.3 is 14.8 Å². The highest BCUT2D eigenvalue weighted by atomic mass is 32.2. The van der Waals surface area contributed by atoms with Crippen LogP contribution in [-0.4, -0.2) is 34.4 Å². The van der Waals surface area contributed by atoms with E-state index in [-0.39, 0.29) is 16.7 Å². The summed E-state index contributed by atoms with van der Waals surface area (Å²) in [5, 5.41) is 12.9. The average molecular weight is 716 g/mol. The summed E-state index contributed by atoms with van der Waals surface area (Å²) >= 11 is 1.81. The minimum absolute atomic E-state index is 0.0516. The quantitative estimate of drug-likeness (QED) is 0.101. The molecule has 9 heteroatoms. The SMILES string of the molecule is CCCNc1ccc(N2C(=O)c3ccc(C(=O)O)cc3C2=O)cc1-c1nc2c(-c3cccc(-c4ccccc4SCc4ccccc4)c3)cccc2o1. The summed E-state index contributed by atoms with van der Waals surface area (Å²) < 4.78 is 6.41. The summed E-state index contributed by atoms with van der Waals surface area (Å²) in [6.45, 7) is 2.74. The predicted molar refractivity (Wildman–Crippen MR) is 210 cm³/mol. The molecule has 0 fully saturated rings. The zero-order valence-corrected chi connectivity index (χ0v) is 29.5. The lowest BCUT2D eigenvalue weighted by Crippen LogP contribution is -2.29. The third-order valence-electron chi connectivity index (χ3n) is 9.22. The Morgan fingerprint density at radius 1 is 0.736 bits per heavy atom. The molecule has 0 bridgehead atoms. The third-order valence-corrected chi connectivity index (χ3v) is 10.4. The normalized spacial score (nSPS) is 12.4. The lowest BCUT2D eigenvalue weighted by Gasteiger charge is -2.17. The number of fused-ring (bicyclic) bond motifs is 2. The Kier molecular flexibility index (Phi) is 9.08. The Balaban J connectivity index is 1.16. The highest BCUT2D eigenvalue weighted by Gasteiger charge is 2.37. The Bertz CT molecular complexity index is 2550. The van der Waals surface area contributed by atoms with E-state index in [2.05, 4.69) is 85.0 Å². The molecule has 2 amide bonds. The summed E-state index contributed by atoms with van der Waals surface area (Å²) in [6, 6.07) is 42.3. The van der Waals surface area contributed by atoms with Crippen molar-refractivity contribution in [3.63, 3.8) is 0 Å². The Morgan fingerprint density at radius 2 is 1.47 bits per heavy atom. The molecule has 0 atom stereocenters. The number of imide groups is 1. The maximum absolute atomic E-state index is 13.5. The number of thioether (sulfide) groups is 1. The Morgan fingerprint density at radius 3 is 2.28 bits per heavy atom. The van der Waals surface area contributed by atoms with Gasteiger partial charge in [0.2, 0.25) is 5.89 Å². The zero-order chi connectivity index (χ0) is 36.5. The molecule has 0 saturated carbocycles. The second-order valence-electron chi connectivity index (χ2n) is 12.7. The third kappa shape index (κ3) is 6.47. The van der Waals surface area contributed by atoms with E-state index < -0.39 is 17.8 Å². The van der Waals surface area contributed by atoms with Crippen molar-refractivity contribution in [3.05, 3.63) is 156 Å². The first kappa shape index (κ1) is 33.7. The largest absolute Gasteiger partial charge is 0.478 e. The van der Waals surface area contributed by atoms with Gasteiger partial charge in [-0.25, -0.2) is 14.7 Å². The van der Waals surface area contributed by atoms with Crippen LogP contribution in [0.15, 0.2) is 143 Å². The first-order chi connectivity index (χ1) is 25.9. The van der Waals surface area contributed by atoms with E-state index >= 15 is 0 Å². The number of hydrogen-bond donors (Lipinski definition) is 2. The van der Waals surface area contributed by atoms with Gasteiger partial charge >= 0.3 is 5.97 Å². The first-order valence-electron chi connectivity index (χ1n) is 17.3. The molecule has 0 radical (unpaired) electrons. The second-order valence-corrected chi connectivity index (χ2v) is 13.7.